The van der Waals surface area contributed by atoms with Crippen molar-refractivity contribution in [3.63, 3.8) is 0 Å². The fourth-order valence-electron chi connectivity index (χ4n) is 6.91. The van der Waals surface area contributed by atoms with E-state index in [1.165, 1.54) is 0 Å². The molecule has 0 amide bonds. The van der Waals surface area contributed by atoms with Crippen LogP contribution in [0.1, 0.15) is 64.2 Å². The number of esters is 2. The predicted molar refractivity (Wildman–Crippen MR) is 103 cm³/mol. The molecule has 4 bridgehead atoms. The molecule has 0 radical (unpaired) electrons. The molecule has 0 spiro atoms. The van der Waals surface area contributed by atoms with Gasteiger partial charge in [0.15, 0.2) is 0 Å². The number of hydrogen-bond donors (Lipinski definition) is 1. The van der Waals surface area contributed by atoms with E-state index < -0.39 is 34.3 Å². The van der Waals surface area contributed by atoms with Crippen LogP contribution < -0.4 is 5.26 Å². The Balaban J connectivity index is 1.40. The molecule has 5 fully saturated rings. The van der Waals surface area contributed by atoms with Gasteiger partial charge in [-0.1, -0.05) is 0 Å². The van der Waals surface area contributed by atoms with Crippen molar-refractivity contribution < 1.29 is 42.5 Å². The Morgan fingerprint density at radius 1 is 1.10 bits per heavy atom. The fourth-order valence-corrected chi connectivity index (χ4v) is 7.12. The number of carbonyl (C=O) groups excluding carboxylic acids is 2. The molecule has 176 valence electrons. The summed E-state index contributed by atoms with van der Waals surface area (Å²) in [5.41, 5.74) is -1.09. The third kappa shape index (κ3) is 4.86. The van der Waals surface area contributed by atoms with Gasteiger partial charge in [-0.05, 0) is 82.0 Å². The molecule has 0 aliphatic heterocycles. The van der Waals surface area contributed by atoms with Gasteiger partial charge in [-0.15, -0.1) is 0 Å². The Bertz CT molecular complexity index is 681. The molecular weight excluding hydrogens is 434 g/mol. The van der Waals surface area contributed by atoms with Gasteiger partial charge < -0.3 is 24.2 Å². The van der Waals surface area contributed by atoms with E-state index in [4.69, 9.17) is 9.47 Å². The van der Waals surface area contributed by atoms with Crippen molar-refractivity contribution in [1.82, 2.24) is 0 Å². The van der Waals surface area contributed by atoms with Gasteiger partial charge in [-0.3, -0.25) is 4.79 Å². The molecule has 31 heavy (non-hydrogen) atoms. The summed E-state index contributed by atoms with van der Waals surface area (Å²) in [7, 11) is 0. The fraction of sp³-hybridized carbons (Fsp3) is 0.905. The first-order chi connectivity index (χ1) is 14.7. The van der Waals surface area contributed by atoms with Crippen LogP contribution in [0.4, 0.5) is 8.78 Å². The molecule has 2 atom stereocenters. The van der Waals surface area contributed by atoms with E-state index >= 15 is 0 Å². The van der Waals surface area contributed by atoms with E-state index in [1.807, 2.05) is 0 Å². The summed E-state index contributed by atoms with van der Waals surface area (Å²) in [6, 6.07) is 0. The van der Waals surface area contributed by atoms with Gasteiger partial charge in [0, 0.05) is 12.0 Å². The third-order valence-electron chi connectivity index (χ3n) is 7.77. The van der Waals surface area contributed by atoms with Crippen LogP contribution in [-0.2, 0) is 23.4 Å². The van der Waals surface area contributed by atoms with E-state index in [-0.39, 0.29) is 31.0 Å². The average Bonchev–Trinajstić information content (AvgIpc) is 2.70. The van der Waals surface area contributed by atoms with Crippen molar-refractivity contribution in [3.05, 3.63) is 0 Å². The number of rotatable bonds is 8. The number of carbonyl (C=O) groups is 2. The number of aliphatic hydroxyl groups excluding tert-OH is 1. The number of halogens is 2. The zero-order valence-corrected chi connectivity index (χ0v) is 18.2. The lowest BCUT2D eigenvalue weighted by molar-refractivity contribution is -0.630. The molecule has 5 aliphatic carbocycles. The summed E-state index contributed by atoms with van der Waals surface area (Å²) >= 11 is -0.765. The second kappa shape index (κ2) is 8.76. The smallest absolute Gasteiger partial charge is 0.412 e. The second-order valence-corrected chi connectivity index (χ2v) is 11.0. The van der Waals surface area contributed by atoms with Gasteiger partial charge in [0.25, 0.3) is 0 Å². The Morgan fingerprint density at radius 2 is 1.74 bits per heavy atom. The van der Waals surface area contributed by atoms with Gasteiger partial charge in [0.05, 0.1) is 24.6 Å². The highest BCUT2D eigenvalue weighted by Gasteiger charge is 2.60. The van der Waals surface area contributed by atoms with Crippen LogP contribution >= 0.6 is 12.0 Å². The quantitative estimate of drug-likeness (QED) is 0.254. The molecule has 2 unspecified atom stereocenters. The van der Waals surface area contributed by atoms with Gasteiger partial charge in [-0.2, -0.15) is 8.78 Å². The predicted octanol–water partition coefficient (Wildman–Crippen LogP) is 2.74. The van der Waals surface area contributed by atoms with Crippen molar-refractivity contribution >= 4 is 24.0 Å². The molecule has 1 N–H and O–H groups in total. The largest absolute Gasteiger partial charge is 0.710 e. The van der Waals surface area contributed by atoms with E-state index in [0.717, 1.165) is 44.9 Å². The Hall–Kier alpha value is -0.970. The SMILES string of the molecule is O=C(OC12CC3CC(CC(COC(=O)C(F)(F)SO[O-])(C3)C1)C2)C1CCC(CO)CC1. The maximum absolute atomic E-state index is 13.6. The summed E-state index contributed by atoms with van der Waals surface area (Å²) in [6.07, 6.45) is 7.64. The van der Waals surface area contributed by atoms with Crippen LogP contribution in [0.15, 0.2) is 0 Å². The van der Waals surface area contributed by atoms with Crippen LogP contribution in [0.25, 0.3) is 0 Å². The number of aliphatic hydroxyl groups is 1. The molecular formula is C21H29F2O7S-. The number of alkyl halides is 2. The summed E-state index contributed by atoms with van der Waals surface area (Å²) in [5, 5.41) is 15.2. The highest BCUT2D eigenvalue weighted by atomic mass is 32.2. The summed E-state index contributed by atoms with van der Waals surface area (Å²) < 4.78 is 41.3. The monoisotopic (exact) mass is 463 g/mol. The van der Waals surface area contributed by atoms with E-state index in [9.17, 15) is 28.7 Å². The van der Waals surface area contributed by atoms with Crippen LogP contribution in [0, 0.1) is 29.1 Å². The van der Waals surface area contributed by atoms with Crippen molar-refractivity contribution in [1.29, 1.82) is 0 Å². The standard InChI is InChI=1S/C21H30F2O7S/c22-21(23,31-30-27)18(26)28-12-19-6-14-5-15(7-19)9-20(8-14,11-19)29-17(25)16-3-1-13(10-24)2-4-16/h13-16,24,27H,1-12H2/p-1. The molecule has 5 rings (SSSR count). The molecule has 7 nitrogen and oxygen atoms in total. The molecule has 5 saturated carbocycles. The van der Waals surface area contributed by atoms with Gasteiger partial charge in [0.2, 0.25) is 0 Å². The Labute approximate surface area is 184 Å². The van der Waals surface area contributed by atoms with Crippen molar-refractivity contribution in [2.45, 2.75) is 75.1 Å². The molecule has 10 heteroatoms. The van der Waals surface area contributed by atoms with Gasteiger partial charge >= 0.3 is 17.2 Å². The summed E-state index contributed by atoms with van der Waals surface area (Å²) in [6.45, 7) is -0.0243. The number of ether oxygens (including phenoxy) is 2. The highest BCUT2D eigenvalue weighted by Crippen LogP contribution is 2.63. The topological polar surface area (TPSA) is 105 Å². The molecule has 0 aromatic carbocycles. The lowest BCUT2D eigenvalue weighted by Gasteiger charge is -2.61. The summed E-state index contributed by atoms with van der Waals surface area (Å²) in [5.74, 6) is -1.25. The Kier molecular flexibility index (Phi) is 6.55. The van der Waals surface area contributed by atoms with Crippen LogP contribution in [0.2, 0.25) is 0 Å². The van der Waals surface area contributed by atoms with Crippen LogP contribution in [0.5, 0.6) is 0 Å². The Morgan fingerprint density at radius 3 is 2.32 bits per heavy atom. The minimum atomic E-state index is -4.05. The molecule has 5 aliphatic rings. The second-order valence-electron chi connectivity index (χ2n) is 10.2. The van der Waals surface area contributed by atoms with Gasteiger partial charge in [-0.25, -0.2) is 4.79 Å². The van der Waals surface area contributed by atoms with Crippen LogP contribution in [0.3, 0.4) is 0 Å². The zero-order valence-electron chi connectivity index (χ0n) is 17.4. The zero-order chi connectivity index (χ0) is 22.3. The maximum atomic E-state index is 13.6. The van der Waals surface area contributed by atoms with Crippen molar-refractivity contribution in [3.8, 4) is 0 Å². The molecule has 0 saturated heterocycles. The highest BCUT2D eigenvalue weighted by molar-refractivity contribution is 7.96. The first-order valence-corrected chi connectivity index (χ1v) is 11.8. The van der Waals surface area contributed by atoms with E-state index in [1.54, 1.807) is 0 Å². The normalized spacial score (nSPS) is 39.4. The van der Waals surface area contributed by atoms with Crippen molar-refractivity contribution in [2.75, 3.05) is 13.2 Å². The summed E-state index contributed by atoms with van der Waals surface area (Å²) in [4.78, 5) is 24.7. The first kappa shape index (κ1) is 23.2. The minimum absolute atomic E-state index is 0.148. The third-order valence-corrected chi connectivity index (χ3v) is 8.21. The van der Waals surface area contributed by atoms with Crippen LogP contribution in [-0.4, -0.2) is 41.1 Å². The van der Waals surface area contributed by atoms with E-state index in [2.05, 4.69) is 4.33 Å². The van der Waals surface area contributed by atoms with Crippen molar-refractivity contribution in [2.24, 2.45) is 29.1 Å². The van der Waals surface area contributed by atoms with Gasteiger partial charge in [0.1, 0.15) is 5.60 Å². The molecule has 0 aromatic heterocycles. The maximum Gasteiger partial charge on any atom is 0.412 e. The molecule has 0 aromatic rings. The lowest BCUT2D eigenvalue weighted by Crippen LogP contribution is -2.59. The molecule has 0 heterocycles. The first-order valence-electron chi connectivity index (χ1n) is 11.0. The van der Waals surface area contributed by atoms with E-state index in [0.29, 0.717) is 31.1 Å². The lowest BCUT2D eigenvalue weighted by atomic mass is 9.48. The number of hydrogen-bond acceptors (Lipinski definition) is 8. The minimum Gasteiger partial charge on any atom is -0.710 e. The average molecular weight is 464 g/mol.